The third-order valence-corrected chi connectivity index (χ3v) is 3.51. The van der Waals surface area contributed by atoms with E-state index in [1.54, 1.807) is 6.92 Å². The van der Waals surface area contributed by atoms with Crippen LogP contribution in [0.15, 0.2) is 29.7 Å². The van der Waals surface area contributed by atoms with Crippen molar-refractivity contribution in [1.29, 1.82) is 0 Å². The Morgan fingerprint density at radius 2 is 2.42 bits per heavy atom. The lowest BCUT2D eigenvalue weighted by Crippen LogP contribution is -2.42. The Kier molecular flexibility index (Phi) is 3.44. The molecular formula is C12H17N3O4. The number of aromatic nitrogens is 2. The van der Waals surface area contributed by atoms with E-state index in [1.165, 1.54) is 22.9 Å². The van der Waals surface area contributed by atoms with Crippen molar-refractivity contribution in [3.8, 4) is 0 Å². The molecular weight excluding hydrogens is 250 g/mol. The van der Waals surface area contributed by atoms with Crippen LogP contribution in [0.25, 0.3) is 0 Å². The molecule has 2 heterocycles. The van der Waals surface area contributed by atoms with E-state index in [0.29, 0.717) is 0 Å². The van der Waals surface area contributed by atoms with Crippen molar-refractivity contribution in [2.75, 3.05) is 12.3 Å². The molecule has 1 fully saturated rings. The molecule has 1 aliphatic heterocycles. The van der Waals surface area contributed by atoms with E-state index in [-0.39, 0.29) is 5.82 Å². The number of rotatable bonds is 3. The number of aliphatic hydroxyl groups excluding tert-OH is 2. The first-order valence-corrected chi connectivity index (χ1v) is 5.90. The van der Waals surface area contributed by atoms with Crippen LogP contribution in [-0.4, -0.2) is 38.1 Å². The molecule has 1 aliphatic rings. The topological polar surface area (TPSA) is 111 Å². The molecule has 0 aliphatic carbocycles. The highest BCUT2D eigenvalue weighted by molar-refractivity contribution is 5.23. The first kappa shape index (κ1) is 13.7. The number of ether oxygens (including phenoxy) is 1. The third kappa shape index (κ3) is 2.05. The highest BCUT2D eigenvalue weighted by atomic mass is 16.6. The first-order chi connectivity index (χ1) is 8.95. The Labute approximate surface area is 110 Å². The molecule has 7 nitrogen and oxygen atoms in total. The van der Waals surface area contributed by atoms with Crippen LogP contribution in [0.2, 0.25) is 0 Å². The van der Waals surface area contributed by atoms with Gasteiger partial charge in [-0.2, -0.15) is 4.98 Å². The van der Waals surface area contributed by atoms with E-state index in [0.717, 1.165) is 0 Å². The monoisotopic (exact) mass is 267 g/mol. The van der Waals surface area contributed by atoms with Gasteiger partial charge in [-0.3, -0.25) is 4.57 Å². The first-order valence-electron chi connectivity index (χ1n) is 5.90. The zero-order chi connectivity index (χ0) is 14.2. The van der Waals surface area contributed by atoms with Gasteiger partial charge in [-0.05, 0) is 6.07 Å². The lowest BCUT2D eigenvalue weighted by molar-refractivity contribution is -0.0978. The highest BCUT2D eigenvalue weighted by Gasteiger charge is 2.51. The van der Waals surface area contributed by atoms with Crippen molar-refractivity contribution in [2.45, 2.75) is 24.9 Å². The molecule has 19 heavy (non-hydrogen) atoms. The highest BCUT2D eigenvalue weighted by Crippen LogP contribution is 2.41. The fraction of sp³-hybridized carbons (Fsp3) is 0.500. The molecule has 1 saturated heterocycles. The normalized spacial score (nSPS) is 34.4. The molecule has 4 atom stereocenters. The number of hydrogen-bond donors (Lipinski definition) is 3. The van der Waals surface area contributed by atoms with E-state index in [1.807, 2.05) is 0 Å². The maximum absolute atomic E-state index is 11.8. The quantitative estimate of drug-likeness (QED) is 0.623. The van der Waals surface area contributed by atoms with Crippen molar-refractivity contribution < 1.29 is 14.9 Å². The lowest BCUT2D eigenvalue weighted by Gasteiger charge is -2.26. The molecule has 0 amide bonds. The van der Waals surface area contributed by atoms with E-state index >= 15 is 0 Å². The number of anilines is 1. The minimum absolute atomic E-state index is 0.115. The Balaban J connectivity index is 2.42. The molecule has 0 bridgehead atoms. The van der Waals surface area contributed by atoms with Gasteiger partial charge in [0.2, 0.25) is 0 Å². The van der Waals surface area contributed by atoms with Crippen LogP contribution in [0, 0.1) is 5.92 Å². The molecule has 1 aromatic heterocycles. The summed E-state index contributed by atoms with van der Waals surface area (Å²) in [6.07, 6.45) is 1.10. The maximum atomic E-state index is 11.8. The molecule has 4 unspecified atom stereocenters. The van der Waals surface area contributed by atoms with Crippen molar-refractivity contribution in [3.05, 3.63) is 35.4 Å². The largest absolute Gasteiger partial charge is 0.393 e. The van der Waals surface area contributed by atoms with Gasteiger partial charge in [0.15, 0.2) is 0 Å². The summed E-state index contributed by atoms with van der Waals surface area (Å²) >= 11 is 0. The van der Waals surface area contributed by atoms with Gasteiger partial charge in [-0.15, -0.1) is 6.58 Å². The summed E-state index contributed by atoms with van der Waals surface area (Å²) in [5.74, 6) is -0.294. The number of nitrogen functional groups attached to an aromatic ring is 1. The summed E-state index contributed by atoms with van der Waals surface area (Å²) in [6.45, 7) is 4.87. The summed E-state index contributed by atoms with van der Waals surface area (Å²) in [6, 6.07) is 1.47. The van der Waals surface area contributed by atoms with Crippen LogP contribution in [0.3, 0.4) is 0 Å². The fourth-order valence-corrected chi connectivity index (χ4v) is 2.30. The second-order valence-electron chi connectivity index (χ2n) is 4.67. The lowest BCUT2D eigenvalue weighted by atomic mass is 9.91. The van der Waals surface area contributed by atoms with Crippen LogP contribution >= 0.6 is 0 Å². The standard InChI is InChI=1S/C12H17N3O4/c1-3-12(6-16)9(17)7(2)10(19-12)15-5-4-8(13)14-11(15)18/h3-5,7,9-10,16-17H,1,6H2,2H3,(H2,13,14,18). The molecule has 0 aromatic carbocycles. The van der Waals surface area contributed by atoms with Crippen molar-refractivity contribution in [1.82, 2.24) is 9.55 Å². The number of nitrogens with zero attached hydrogens (tertiary/aromatic N) is 2. The van der Waals surface area contributed by atoms with E-state index in [2.05, 4.69) is 11.6 Å². The molecule has 1 aromatic rings. The van der Waals surface area contributed by atoms with Gasteiger partial charge in [-0.1, -0.05) is 13.0 Å². The molecule has 7 heteroatoms. The second-order valence-corrected chi connectivity index (χ2v) is 4.67. The number of hydrogen-bond acceptors (Lipinski definition) is 6. The van der Waals surface area contributed by atoms with Gasteiger partial charge in [0.1, 0.15) is 17.6 Å². The molecule has 104 valence electrons. The average molecular weight is 267 g/mol. The van der Waals surface area contributed by atoms with Gasteiger partial charge in [0, 0.05) is 12.1 Å². The molecule has 2 rings (SSSR count). The number of nitrogens with two attached hydrogens (primary N) is 1. The third-order valence-electron chi connectivity index (χ3n) is 3.51. The zero-order valence-corrected chi connectivity index (χ0v) is 10.6. The molecule has 4 N–H and O–H groups in total. The van der Waals surface area contributed by atoms with E-state index < -0.39 is 36.1 Å². The summed E-state index contributed by atoms with van der Waals surface area (Å²) in [4.78, 5) is 15.4. The molecule has 0 spiro atoms. The zero-order valence-electron chi connectivity index (χ0n) is 10.6. The van der Waals surface area contributed by atoms with E-state index in [9.17, 15) is 15.0 Å². The van der Waals surface area contributed by atoms with E-state index in [4.69, 9.17) is 10.5 Å². The SMILES string of the molecule is C=CC1(CO)OC(n2ccc(N)nc2=O)C(C)C1O. The fourth-order valence-electron chi connectivity index (χ4n) is 2.30. The van der Waals surface area contributed by atoms with Crippen LogP contribution < -0.4 is 11.4 Å². The van der Waals surface area contributed by atoms with Gasteiger partial charge in [0.25, 0.3) is 0 Å². The number of aliphatic hydroxyl groups is 2. The summed E-state index contributed by atoms with van der Waals surface area (Å²) in [7, 11) is 0. The van der Waals surface area contributed by atoms with Crippen molar-refractivity contribution in [3.63, 3.8) is 0 Å². The van der Waals surface area contributed by atoms with Gasteiger partial charge in [-0.25, -0.2) is 4.79 Å². The van der Waals surface area contributed by atoms with Gasteiger partial charge < -0.3 is 20.7 Å². The molecule has 0 radical (unpaired) electrons. The Bertz CT molecular complexity index is 544. The minimum atomic E-state index is -1.27. The van der Waals surface area contributed by atoms with Crippen molar-refractivity contribution in [2.24, 2.45) is 5.92 Å². The second kappa shape index (κ2) is 4.76. The van der Waals surface area contributed by atoms with Crippen LogP contribution in [-0.2, 0) is 4.74 Å². The van der Waals surface area contributed by atoms with Crippen LogP contribution in [0.1, 0.15) is 13.2 Å². The van der Waals surface area contributed by atoms with Gasteiger partial charge >= 0.3 is 5.69 Å². The van der Waals surface area contributed by atoms with Crippen LogP contribution in [0.4, 0.5) is 5.82 Å². The smallest absolute Gasteiger partial charge is 0.351 e. The van der Waals surface area contributed by atoms with Gasteiger partial charge in [0.05, 0.1) is 12.7 Å². The van der Waals surface area contributed by atoms with Crippen molar-refractivity contribution >= 4 is 5.82 Å². The predicted molar refractivity (Wildman–Crippen MR) is 68.2 cm³/mol. The molecule has 0 saturated carbocycles. The Morgan fingerprint density at radius 3 is 2.89 bits per heavy atom. The van der Waals surface area contributed by atoms with Crippen LogP contribution in [0.5, 0.6) is 0 Å². The summed E-state index contributed by atoms with van der Waals surface area (Å²) < 4.78 is 6.88. The predicted octanol–water partition coefficient (Wildman–Crippen LogP) is -0.732. The Morgan fingerprint density at radius 1 is 1.74 bits per heavy atom. The summed E-state index contributed by atoms with van der Waals surface area (Å²) in [5, 5.41) is 19.6. The maximum Gasteiger partial charge on any atom is 0.351 e. The minimum Gasteiger partial charge on any atom is -0.393 e. The summed E-state index contributed by atoms with van der Waals surface area (Å²) in [5.41, 5.74) is 3.58. The average Bonchev–Trinajstić information content (AvgIpc) is 2.64. The Hall–Kier alpha value is -1.70.